The third-order valence-electron chi connectivity index (χ3n) is 3.79. The Morgan fingerprint density at radius 2 is 2.00 bits per heavy atom. The lowest BCUT2D eigenvalue weighted by atomic mass is 10.2. The summed E-state index contributed by atoms with van der Waals surface area (Å²) in [5.41, 5.74) is 4.22. The fourth-order valence-corrected chi connectivity index (χ4v) is 4.40. The van der Waals surface area contributed by atoms with Crippen molar-refractivity contribution in [1.82, 2.24) is 4.98 Å². The molecule has 0 atom stereocenters. The first-order valence-corrected chi connectivity index (χ1v) is 9.80. The molecule has 0 spiro atoms. The largest absolute Gasteiger partial charge is 0.497 e. The molecule has 0 saturated carbocycles. The molecule has 0 unspecified atom stereocenters. The second kappa shape index (κ2) is 7.37. The Morgan fingerprint density at radius 3 is 2.84 bits per heavy atom. The van der Waals surface area contributed by atoms with Crippen LogP contribution in [-0.2, 0) is 11.5 Å². The third-order valence-corrected chi connectivity index (χ3v) is 6.07. The number of fused-ring (bicyclic) bond motifs is 1. The van der Waals surface area contributed by atoms with Gasteiger partial charge in [0.25, 0.3) is 0 Å². The van der Waals surface area contributed by atoms with Gasteiger partial charge in [-0.3, -0.25) is 0 Å². The van der Waals surface area contributed by atoms with E-state index < -0.39 is 0 Å². The summed E-state index contributed by atoms with van der Waals surface area (Å²) in [6.45, 7) is 0. The molecule has 0 aliphatic carbocycles. The number of aliphatic imine (C=N–C) groups is 1. The van der Waals surface area contributed by atoms with E-state index in [4.69, 9.17) is 14.1 Å². The fraction of sp³-hybridized carbons (Fsp3) is 0.158. The molecule has 25 heavy (non-hydrogen) atoms. The van der Waals surface area contributed by atoms with Gasteiger partial charge in [0.05, 0.1) is 18.5 Å². The average molecular weight is 368 g/mol. The number of nitrogens with zero attached hydrogens (tertiary/aromatic N) is 2. The lowest BCUT2D eigenvalue weighted by Crippen LogP contribution is -1.96. The van der Waals surface area contributed by atoms with Gasteiger partial charge in [-0.2, -0.15) is 0 Å². The zero-order valence-corrected chi connectivity index (χ0v) is 15.3. The van der Waals surface area contributed by atoms with Gasteiger partial charge in [0.1, 0.15) is 16.4 Å². The van der Waals surface area contributed by atoms with Gasteiger partial charge in [0, 0.05) is 17.1 Å². The Hall–Kier alpha value is -2.18. The van der Waals surface area contributed by atoms with E-state index in [0.717, 1.165) is 38.6 Å². The van der Waals surface area contributed by atoms with E-state index in [0.29, 0.717) is 5.89 Å². The van der Waals surface area contributed by atoms with Crippen molar-refractivity contribution in [2.75, 3.05) is 7.11 Å². The van der Waals surface area contributed by atoms with Crippen LogP contribution < -0.4 is 4.74 Å². The van der Waals surface area contributed by atoms with Gasteiger partial charge >= 0.3 is 0 Å². The first-order valence-electron chi connectivity index (χ1n) is 7.83. The monoisotopic (exact) mass is 368 g/mol. The number of aromatic nitrogens is 1. The molecule has 0 amide bonds. The zero-order valence-electron chi connectivity index (χ0n) is 13.6. The smallest absolute Gasteiger partial charge is 0.226 e. The molecule has 0 bridgehead atoms. The number of para-hydroxylation sites is 1. The molecular weight excluding hydrogens is 352 g/mol. The van der Waals surface area contributed by atoms with Crippen LogP contribution >= 0.6 is 23.5 Å². The average Bonchev–Trinajstić information content (AvgIpc) is 3.15. The molecule has 0 radical (unpaired) electrons. The van der Waals surface area contributed by atoms with Crippen LogP contribution in [-0.4, -0.2) is 16.5 Å². The number of oxazole rings is 1. The summed E-state index contributed by atoms with van der Waals surface area (Å²) in [5, 5.41) is 0. The van der Waals surface area contributed by atoms with E-state index in [-0.39, 0.29) is 0 Å². The minimum Gasteiger partial charge on any atom is -0.497 e. The molecule has 4 rings (SSSR count). The van der Waals surface area contributed by atoms with E-state index >= 15 is 0 Å². The summed E-state index contributed by atoms with van der Waals surface area (Å²) in [6, 6.07) is 16.0. The maximum absolute atomic E-state index is 5.61. The summed E-state index contributed by atoms with van der Waals surface area (Å²) >= 11 is 3.47. The fourth-order valence-electron chi connectivity index (χ4n) is 2.46. The van der Waals surface area contributed by atoms with Crippen molar-refractivity contribution < 1.29 is 9.15 Å². The van der Waals surface area contributed by atoms with Crippen LogP contribution in [0.2, 0.25) is 0 Å². The maximum atomic E-state index is 5.61. The highest BCUT2D eigenvalue weighted by molar-refractivity contribution is 8.38. The van der Waals surface area contributed by atoms with Crippen LogP contribution in [0, 0.1) is 0 Å². The molecule has 1 aliphatic heterocycles. The van der Waals surface area contributed by atoms with Gasteiger partial charge in [-0.1, -0.05) is 41.7 Å². The molecule has 0 fully saturated rings. The summed E-state index contributed by atoms with van der Waals surface area (Å²) < 4.78 is 11.9. The maximum Gasteiger partial charge on any atom is 0.226 e. The molecule has 4 nitrogen and oxygen atoms in total. The first kappa shape index (κ1) is 16.3. The number of thioether (sulfide) groups is 2. The minimum atomic E-state index is 0.627. The summed E-state index contributed by atoms with van der Waals surface area (Å²) in [7, 11) is 1.65. The molecule has 126 valence electrons. The number of rotatable bonds is 4. The Morgan fingerprint density at radius 1 is 1.16 bits per heavy atom. The second-order valence-corrected chi connectivity index (χ2v) is 7.64. The zero-order chi connectivity index (χ0) is 17.1. The van der Waals surface area contributed by atoms with Crippen LogP contribution in [0.25, 0.3) is 11.5 Å². The van der Waals surface area contributed by atoms with Gasteiger partial charge in [0.2, 0.25) is 5.89 Å². The molecule has 1 aliphatic rings. The quantitative estimate of drug-likeness (QED) is 0.607. The van der Waals surface area contributed by atoms with Gasteiger partial charge < -0.3 is 9.15 Å². The van der Waals surface area contributed by atoms with E-state index in [1.807, 2.05) is 30.3 Å². The van der Waals surface area contributed by atoms with Crippen LogP contribution in [0.15, 0.2) is 64.2 Å². The van der Waals surface area contributed by atoms with Crippen LogP contribution in [0.1, 0.15) is 11.3 Å². The van der Waals surface area contributed by atoms with Crippen molar-refractivity contribution in [3.05, 3.63) is 66.1 Å². The first-order chi connectivity index (χ1) is 12.3. The topological polar surface area (TPSA) is 47.6 Å². The highest BCUT2D eigenvalue weighted by atomic mass is 32.2. The van der Waals surface area contributed by atoms with Gasteiger partial charge in [-0.05, 0) is 35.9 Å². The molecule has 0 N–H and O–H groups in total. The van der Waals surface area contributed by atoms with Gasteiger partial charge in [0.15, 0.2) is 0 Å². The van der Waals surface area contributed by atoms with Crippen LogP contribution in [0.5, 0.6) is 5.75 Å². The molecule has 2 aromatic carbocycles. The number of ether oxygens (including phenoxy) is 1. The predicted molar refractivity (Wildman–Crippen MR) is 105 cm³/mol. The highest BCUT2D eigenvalue weighted by Crippen LogP contribution is 2.35. The van der Waals surface area contributed by atoms with Crippen molar-refractivity contribution >= 4 is 33.6 Å². The Balaban J connectivity index is 1.42. The van der Waals surface area contributed by atoms with Crippen molar-refractivity contribution in [3.8, 4) is 17.2 Å². The van der Waals surface area contributed by atoms with Gasteiger partial charge in [-0.15, -0.1) is 0 Å². The van der Waals surface area contributed by atoms with Crippen LogP contribution in [0.3, 0.4) is 0 Å². The molecular formula is C19H16N2O2S2. The Bertz CT molecular complexity index is 904. The predicted octanol–water partition coefficient (Wildman–Crippen LogP) is 5.52. The second-order valence-electron chi connectivity index (χ2n) is 5.46. The Kier molecular flexibility index (Phi) is 4.81. The van der Waals surface area contributed by atoms with E-state index in [1.165, 1.54) is 5.56 Å². The summed E-state index contributed by atoms with van der Waals surface area (Å²) in [6.07, 6.45) is 1.72. The van der Waals surface area contributed by atoms with E-state index in [1.54, 1.807) is 36.9 Å². The molecule has 1 aromatic heterocycles. The van der Waals surface area contributed by atoms with E-state index in [2.05, 4.69) is 23.2 Å². The summed E-state index contributed by atoms with van der Waals surface area (Å²) in [5.74, 6) is 3.16. The standard InChI is InChI=1S/C19H16N2O2S2/c1-22-16-8-6-13(7-9-16)18-20-15(10-23-18)12-25-19-21-17-5-3-2-4-14(17)11-24-19/h2-10H,11-12H2,1H3. The minimum absolute atomic E-state index is 0.627. The van der Waals surface area contributed by atoms with Crippen molar-refractivity contribution in [1.29, 1.82) is 0 Å². The van der Waals surface area contributed by atoms with Crippen molar-refractivity contribution in [3.63, 3.8) is 0 Å². The van der Waals surface area contributed by atoms with E-state index in [9.17, 15) is 0 Å². The molecule has 6 heteroatoms. The number of hydrogen-bond acceptors (Lipinski definition) is 6. The lowest BCUT2D eigenvalue weighted by molar-refractivity contribution is 0.415. The number of methoxy groups -OCH3 is 1. The van der Waals surface area contributed by atoms with Gasteiger partial charge in [-0.25, -0.2) is 9.98 Å². The summed E-state index contributed by atoms with van der Waals surface area (Å²) in [4.78, 5) is 9.29. The molecule has 3 aromatic rings. The van der Waals surface area contributed by atoms with Crippen LogP contribution in [0.4, 0.5) is 5.69 Å². The molecule has 2 heterocycles. The van der Waals surface area contributed by atoms with Crippen molar-refractivity contribution in [2.45, 2.75) is 11.5 Å². The number of hydrogen-bond donors (Lipinski definition) is 0. The highest BCUT2D eigenvalue weighted by Gasteiger charge is 2.14. The molecule has 0 saturated heterocycles. The third kappa shape index (κ3) is 3.75. The Labute approximate surface area is 154 Å². The SMILES string of the molecule is COc1ccc(-c2nc(CSC3=Nc4ccccc4CS3)co2)cc1. The number of benzene rings is 2. The lowest BCUT2D eigenvalue weighted by Gasteiger charge is -2.13. The normalized spacial score (nSPS) is 13.2. The van der Waals surface area contributed by atoms with Crippen molar-refractivity contribution in [2.24, 2.45) is 4.99 Å².